The van der Waals surface area contributed by atoms with E-state index >= 15 is 0 Å². The summed E-state index contributed by atoms with van der Waals surface area (Å²) in [6.07, 6.45) is 0. The summed E-state index contributed by atoms with van der Waals surface area (Å²) < 4.78 is 0. The van der Waals surface area contributed by atoms with Crippen LogP contribution in [0.3, 0.4) is 0 Å². The number of carbonyl (C=O) groups is 2. The van der Waals surface area contributed by atoms with Gasteiger partial charge in [0.2, 0.25) is 0 Å². The lowest BCUT2D eigenvalue weighted by Crippen LogP contribution is -2.38. The van der Waals surface area contributed by atoms with Crippen LogP contribution in [0.1, 0.15) is 31.8 Å². The van der Waals surface area contributed by atoms with E-state index in [1.807, 2.05) is 38.1 Å². The van der Waals surface area contributed by atoms with Crippen LogP contribution in [0.25, 0.3) is 0 Å². The molecule has 150 valence electrons. The van der Waals surface area contributed by atoms with E-state index < -0.39 is 28.1 Å². The number of aryl methyl sites for hydroxylation is 2. The molecule has 2 aromatic carbocycles. The molecule has 0 saturated carbocycles. The number of carbonyl (C=O) groups excluding carboxylic acids is 2. The van der Waals surface area contributed by atoms with Crippen LogP contribution in [-0.2, 0) is 9.78 Å². The molecule has 28 heavy (non-hydrogen) atoms. The zero-order valence-corrected chi connectivity index (χ0v) is 20.1. The molecule has 2 aromatic rings. The van der Waals surface area contributed by atoms with Gasteiger partial charge >= 0.3 is 11.9 Å². The Bertz CT molecular complexity index is 830. The molecule has 0 radical (unpaired) electrons. The third-order valence-electron chi connectivity index (χ3n) is 4.82. The van der Waals surface area contributed by atoms with Gasteiger partial charge in [0.1, 0.15) is 0 Å². The Morgan fingerprint density at radius 1 is 0.643 bits per heavy atom. The molecular formula is C22H30O4Si2. The van der Waals surface area contributed by atoms with Gasteiger partial charge in [0.25, 0.3) is 0 Å². The van der Waals surface area contributed by atoms with Crippen molar-refractivity contribution in [3.63, 3.8) is 0 Å². The summed E-state index contributed by atoms with van der Waals surface area (Å²) in [4.78, 5) is 34.4. The zero-order chi connectivity index (χ0) is 21.3. The van der Waals surface area contributed by atoms with Crippen LogP contribution in [0, 0.1) is 13.8 Å². The van der Waals surface area contributed by atoms with E-state index in [0.29, 0.717) is 11.1 Å². The quantitative estimate of drug-likeness (QED) is 0.425. The number of rotatable bonds is 4. The highest BCUT2D eigenvalue weighted by Crippen LogP contribution is 2.14. The van der Waals surface area contributed by atoms with Gasteiger partial charge < -0.3 is 0 Å². The molecule has 6 heteroatoms. The first-order chi connectivity index (χ1) is 12.8. The highest BCUT2D eigenvalue weighted by molar-refractivity contribution is 6.89. The maximum absolute atomic E-state index is 12.4. The average molecular weight is 415 g/mol. The molecule has 0 aliphatic carbocycles. The molecule has 0 bridgehead atoms. The molecule has 0 N–H and O–H groups in total. The normalized spacial score (nSPS) is 11.9. The fourth-order valence-corrected chi connectivity index (χ4v) is 5.35. The third kappa shape index (κ3) is 5.20. The second kappa shape index (κ2) is 8.05. The first kappa shape index (κ1) is 22.1. The smallest absolute Gasteiger partial charge is 0.241 e. The van der Waals surface area contributed by atoms with E-state index in [4.69, 9.17) is 9.78 Å². The van der Waals surface area contributed by atoms with Crippen LogP contribution in [0.15, 0.2) is 36.4 Å². The van der Waals surface area contributed by atoms with Gasteiger partial charge in [-0.2, -0.15) is 0 Å². The first-order valence-electron chi connectivity index (χ1n) is 9.46. The third-order valence-corrected chi connectivity index (χ3v) is 8.90. The van der Waals surface area contributed by atoms with Gasteiger partial charge in [0.15, 0.2) is 0 Å². The SMILES string of the molecule is Cc1cc([Si](C)(C)C)ccc1C(=O)OOC(=O)c1ccc([Si](C)(C)C)cc1C. The van der Waals surface area contributed by atoms with Crippen molar-refractivity contribution in [2.24, 2.45) is 0 Å². The molecule has 0 atom stereocenters. The molecular weight excluding hydrogens is 384 g/mol. The van der Waals surface area contributed by atoms with Crippen molar-refractivity contribution in [1.29, 1.82) is 0 Å². The summed E-state index contributed by atoms with van der Waals surface area (Å²) in [6.45, 7) is 17.2. The summed E-state index contributed by atoms with van der Waals surface area (Å²) in [5.41, 5.74) is 2.44. The minimum atomic E-state index is -1.46. The Morgan fingerprint density at radius 2 is 0.964 bits per heavy atom. The van der Waals surface area contributed by atoms with Gasteiger partial charge in [-0.3, -0.25) is 0 Å². The van der Waals surface area contributed by atoms with Gasteiger partial charge in [-0.25, -0.2) is 19.4 Å². The highest BCUT2D eigenvalue weighted by Gasteiger charge is 2.22. The van der Waals surface area contributed by atoms with Crippen molar-refractivity contribution in [3.8, 4) is 0 Å². The molecule has 0 aromatic heterocycles. The second-order valence-corrected chi connectivity index (χ2v) is 19.5. The van der Waals surface area contributed by atoms with Gasteiger partial charge in [0, 0.05) is 0 Å². The molecule has 0 heterocycles. The van der Waals surface area contributed by atoms with E-state index in [1.54, 1.807) is 12.1 Å². The summed E-state index contributed by atoms with van der Waals surface area (Å²) in [6, 6.07) is 11.4. The Balaban J connectivity index is 2.10. The largest absolute Gasteiger partial charge is 0.386 e. The maximum Gasteiger partial charge on any atom is 0.386 e. The van der Waals surface area contributed by atoms with Crippen molar-refractivity contribution >= 4 is 38.5 Å². The number of hydrogen-bond donors (Lipinski definition) is 0. The number of benzene rings is 2. The standard InChI is InChI=1S/C22H30O4Si2/c1-15-13-17(27(3,4)5)9-11-19(15)21(23)25-26-22(24)20-12-10-18(14-16(20)2)28(6,7)8/h9-14H,1-8H3. The Morgan fingerprint density at radius 3 is 1.21 bits per heavy atom. The fraction of sp³-hybridized carbons (Fsp3) is 0.364. The van der Waals surface area contributed by atoms with Crippen LogP contribution >= 0.6 is 0 Å². The lowest BCUT2D eigenvalue weighted by Gasteiger charge is -2.18. The van der Waals surface area contributed by atoms with Crippen molar-refractivity contribution < 1.29 is 19.4 Å². The van der Waals surface area contributed by atoms with Crippen LogP contribution in [0.5, 0.6) is 0 Å². The van der Waals surface area contributed by atoms with E-state index in [-0.39, 0.29) is 0 Å². The van der Waals surface area contributed by atoms with E-state index in [1.165, 1.54) is 10.4 Å². The number of hydrogen-bond acceptors (Lipinski definition) is 4. The molecule has 0 saturated heterocycles. The van der Waals surface area contributed by atoms with Crippen molar-refractivity contribution in [1.82, 2.24) is 0 Å². The van der Waals surface area contributed by atoms with Crippen molar-refractivity contribution in [2.45, 2.75) is 53.1 Å². The maximum atomic E-state index is 12.4. The summed E-state index contributed by atoms with van der Waals surface area (Å²) in [7, 11) is -2.92. The molecule has 0 aliphatic heterocycles. The van der Waals surface area contributed by atoms with Crippen LogP contribution < -0.4 is 10.4 Å². The van der Waals surface area contributed by atoms with Crippen molar-refractivity contribution in [3.05, 3.63) is 58.7 Å². The molecule has 4 nitrogen and oxygen atoms in total. The first-order valence-corrected chi connectivity index (χ1v) is 16.5. The lowest BCUT2D eigenvalue weighted by atomic mass is 10.1. The molecule has 0 unspecified atom stereocenters. The van der Waals surface area contributed by atoms with Gasteiger partial charge in [0.05, 0.1) is 27.3 Å². The predicted octanol–water partition coefficient (Wildman–Crippen LogP) is 4.32. The Kier molecular flexibility index (Phi) is 6.35. The lowest BCUT2D eigenvalue weighted by molar-refractivity contribution is -0.187. The predicted molar refractivity (Wildman–Crippen MR) is 119 cm³/mol. The van der Waals surface area contributed by atoms with E-state index in [9.17, 15) is 9.59 Å². The molecule has 2 rings (SSSR count). The minimum Gasteiger partial charge on any atom is -0.241 e. The Hall–Kier alpha value is -2.19. The highest BCUT2D eigenvalue weighted by atomic mass is 28.3. The van der Waals surface area contributed by atoms with Gasteiger partial charge in [-0.1, -0.05) is 73.9 Å². The summed E-state index contributed by atoms with van der Waals surface area (Å²) in [5.74, 6) is -1.33. The minimum absolute atomic E-state index is 0.403. The molecule has 0 fully saturated rings. The van der Waals surface area contributed by atoms with Gasteiger partial charge in [-0.05, 0) is 37.1 Å². The van der Waals surface area contributed by atoms with Crippen LogP contribution in [0.4, 0.5) is 0 Å². The second-order valence-electron chi connectivity index (χ2n) is 9.30. The molecule has 0 amide bonds. The zero-order valence-electron chi connectivity index (χ0n) is 18.1. The monoisotopic (exact) mass is 414 g/mol. The van der Waals surface area contributed by atoms with Crippen LogP contribution in [-0.4, -0.2) is 28.1 Å². The molecule has 0 spiro atoms. The molecule has 0 aliphatic rings. The topological polar surface area (TPSA) is 52.6 Å². The fourth-order valence-electron chi connectivity index (χ4n) is 2.88. The van der Waals surface area contributed by atoms with Crippen molar-refractivity contribution in [2.75, 3.05) is 0 Å². The van der Waals surface area contributed by atoms with Crippen LogP contribution in [0.2, 0.25) is 39.3 Å². The summed E-state index contributed by atoms with van der Waals surface area (Å²) >= 11 is 0. The van der Waals surface area contributed by atoms with E-state index in [0.717, 1.165) is 11.1 Å². The van der Waals surface area contributed by atoms with Gasteiger partial charge in [-0.15, -0.1) is 0 Å². The summed E-state index contributed by atoms with van der Waals surface area (Å²) in [5, 5.41) is 2.52. The Labute approximate surface area is 169 Å². The average Bonchev–Trinajstić information content (AvgIpc) is 2.57. The van der Waals surface area contributed by atoms with E-state index in [2.05, 4.69) is 39.3 Å².